The van der Waals surface area contributed by atoms with E-state index in [-0.39, 0.29) is 0 Å². The molecule has 0 aliphatic carbocycles. The molecule has 0 aromatic heterocycles. The Labute approximate surface area is 146 Å². The number of anilines is 2. The second-order valence-corrected chi connectivity index (χ2v) is 5.00. The van der Waals surface area contributed by atoms with Gasteiger partial charge in [0.15, 0.2) is 23.0 Å². The molecule has 0 heterocycles. The molecular weight excluding hydrogens is 385 g/mol. The Morgan fingerprint density at radius 1 is 1.05 bits per heavy atom. The van der Waals surface area contributed by atoms with Crippen LogP contribution in [0.5, 0.6) is 5.75 Å². The number of rotatable bonds is 6. The maximum Gasteiger partial charge on any atom is 0.192 e. The molecule has 22 heavy (non-hydrogen) atoms. The van der Waals surface area contributed by atoms with E-state index in [2.05, 4.69) is 23.6 Å². The van der Waals surface area contributed by atoms with Gasteiger partial charge in [-0.25, -0.2) is 0 Å². The first-order valence-corrected chi connectivity index (χ1v) is 7.87. The normalized spacial score (nSPS) is 11.5. The van der Waals surface area contributed by atoms with E-state index < -0.39 is 0 Å². The van der Waals surface area contributed by atoms with Gasteiger partial charge in [-0.2, -0.15) is 0 Å². The van der Waals surface area contributed by atoms with Crippen LogP contribution in [-0.2, 0) is 0 Å². The lowest BCUT2D eigenvalue weighted by Crippen LogP contribution is -2.14. The standard InChI is InChI=1S/C19H18INO/c1-3-5-9-16(4-2)21(17-10-7-6-8-11-17)18-12-14-19(22-20)15-13-18/h3-15H,2H2,1H3/b5-3-,16-9+. The van der Waals surface area contributed by atoms with Crippen LogP contribution in [0.15, 0.2) is 91.2 Å². The van der Waals surface area contributed by atoms with Crippen molar-refractivity contribution in [3.8, 4) is 5.75 Å². The summed E-state index contributed by atoms with van der Waals surface area (Å²) in [6, 6.07) is 18.2. The van der Waals surface area contributed by atoms with Crippen molar-refractivity contribution in [3.05, 3.63) is 91.2 Å². The minimum absolute atomic E-state index is 0.829. The second-order valence-electron chi connectivity index (χ2n) is 4.56. The summed E-state index contributed by atoms with van der Waals surface area (Å²) in [4.78, 5) is 2.16. The van der Waals surface area contributed by atoms with Crippen molar-refractivity contribution in [1.82, 2.24) is 0 Å². The molecule has 0 bridgehead atoms. The molecule has 0 aliphatic rings. The molecule has 112 valence electrons. The van der Waals surface area contributed by atoms with Crippen LogP contribution in [-0.4, -0.2) is 0 Å². The third-order valence-electron chi connectivity index (χ3n) is 3.13. The van der Waals surface area contributed by atoms with E-state index >= 15 is 0 Å². The number of para-hydroxylation sites is 1. The second kappa shape index (κ2) is 8.44. The van der Waals surface area contributed by atoms with Gasteiger partial charge in [0.25, 0.3) is 0 Å². The van der Waals surface area contributed by atoms with Crippen LogP contribution in [0.3, 0.4) is 0 Å². The third-order valence-corrected chi connectivity index (χ3v) is 3.63. The molecule has 2 aromatic carbocycles. The van der Waals surface area contributed by atoms with Crippen molar-refractivity contribution in [3.63, 3.8) is 0 Å². The third kappa shape index (κ3) is 4.01. The van der Waals surface area contributed by atoms with Gasteiger partial charge in [0.1, 0.15) is 5.75 Å². The van der Waals surface area contributed by atoms with E-state index in [1.807, 2.05) is 96.7 Å². The van der Waals surface area contributed by atoms with Crippen molar-refractivity contribution < 1.29 is 3.07 Å². The summed E-state index contributed by atoms with van der Waals surface area (Å²) in [5, 5.41) is 0. The van der Waals surface area contributed by atoms with Gasteiger partial charge in [0.2, 0.25) is 0 Å². The Balaban J connectivity index is 2.51. The fourth-order valence-corrected chi connectivity index (χ4v) is 2.39. The number of benzene rings is 2. The van der Waals surface area contributed by atoms with Gasteiger partial charge in [0.05, 0.1) is 0 Å². The molecule has 0 unspecified atom stereocenters. The molecule has 0 fully saturated rings. The molecule has 0 N–H and O–H groups in total. The van der Waals surface area contributed by atoms with Crippen LogP contribution in [0.2, 0.25) is 0 Å². The summed E-state index contributed by atoms with van der Waals surface area (Å²) in [6.07, 6.45) is 7.91. The minimum Gasteiger partial charge on any atom is -0.428 e. The summed E-state index contributed by atoms with van der Waals surface area (Å²) < 4.78 is 5.21. The number of allylic oxidation sites excluding steroid dienone is 4. The quantitative estimate of drug-likeness (QED) is 0.421. The predicted molar refractivity (Wildman–Crippen MR) is 103 cm³/mol. The molecule has 0 saturated heterocycles. The number of hydrogen-bond donors (Lipinski definition) is 0. The molecule has 0 saturated carbocycles. The lowest BCUT2D eigenvalue weighted by molar-refractivity contribution is 0.717. The zero-order valence-corrected chi connectivity index (χ0v) is 14.6. The van der Waals surface area contributed by atoms with E-state index in [4.69, 9.17) is 3.07 Å². The van der Waals surface area contributed by atoms with Crippen LogP contribution >= 0.6 is 23.0 Å². The van der Waals surface area contributed by atoms with Crippen molar-refractivity contribution in [2.75, 3.05) is 4.90 Å². The topological polar surface area (TPSA) is 12.5 Å². The highest BCUT2D eigenvalue weighted by Gasteiger charge is 2.12. The predicted octanol–water partition coefficient (Wildman–Crippen LogP) is 6.20. The molecule has 2 rings (SSSR count). The summed E-state index contributed by atoms with van der Waals surface area (Å²) in [6.45, 7) is 5.95. The van der Waals surface area contributed by atoms with E-state index in [0.29, 0.717) is 0 Å². The van der Waals surface area contributed by atoms with E-state index in [0.717, 1.165) is 22.8 Å². The Bertz CT molecular complexity index is 660. The van der Waals surface area contributed by atoms with E-state index in [9.17, 15) is 0 Å². The van der Waals surface area contributed by atoms with Gasteiger partial charge in [-0.3, -0.25) is 0 Å². The average Bonchev–Trinajstić information content (AvgIpc) is 2.59. The number of nitrogens with zero attached hydrogens (tertiary/aromatic N) is 1. The van der Waals surface area contributed by atoms with Gasteiger partial charge in [-0.05, 0) is 55.5 Å². The maximum atomic E-state index is 5.21. The molecular formula is C19H18INO. The summed E-state index contributed by atoms with van der Waals surface area (Å²) >= 11 is 1.88. The molecule has 0 amide bonds. The smallest absolute Gasteiger partial charge is 0.192 e. The highest BCUT2D eigenvalue weighted by atomic mass is 127. The van der Waals surface area contributed by atoms with Gasteiger partial charge >= 0.3 is 0 Å². The maximum absolute atomic E-state index is 5.21. The summed E-state index contributed by atoms with van der Waals surface area (Å²) in [7, 11) is 0. The first-order chi connectivity index (χ1) is 10.8. The van der Waals surface area contributed by atoms with Gasteiger partial charge in [0, 0.05) is 17.1 Å². The van der Waals surface area contributed by atoms with Gasteiger partial charge < -0.3 is 7.97 Å². The molecule has 3 heteroatoms. The monoisotopic (exact) mass is 403 g/mol. The summed E-state index contributed by atoms with van der Waals surface area (Å²) in [5.41, 5.74) is 3.15. The minimum atomic E-state index is 0.829. The molecule has 0 aliphatic heterocycles. The summed E-state index contributed by atoms with van der Waals surface area (Å²) in [5.74, 6) is 0.829. The van der Waals surface area contributed by atoms with Crippen molar-refractivity contribution in [1.29, 1.82) is 0 Å². The van der Waals surface area contributed by atoms with Crippen LogP contribution in [0.4, 0.5) is 11.4 Å². The average molecular weight is 403 g/mol. The van der Waals surface area contributed by atoms with Crippen LogP contribution in [0, 0.1) is 0 Å². The van der Waals surface area contributed by atoms with E-state index in [1.54, 1.807) is 0 Å². The first kappa shape index (κ1) is 16.4. The fourth-order valence-electron chi connectivity index (χ4n) is 2.10. The number of halogens is 1. The lowest BCUT2D eigenvalue weighted by Gasteiger charge is -2.26. The van der Waals surface area contributed by atoms with Crippen LogP contribution < -0.4 is 7.97 Å². The lowest BCUT2D eigenvalue weighted by atomic mass is 10.2. The Morgan fingerprint density at radius 3 is 2.23 bits per heavy atom. The first-order valence-electron chi connectivity index (χ1n) is 6.99. The highest BCUT2D eigenvalue weighted by Crippen LogP contribution is 2.31. The Morgan fingerprint density at radius 2 is 1.68 bits per heavy atom. The highest BCUT2D eigenvalue weighted by molar-refractivity contribution is 14.1. The molecule has 0 atom stereocenters. The Kier molecular flexibility index (Phi) is 6.27. The van der Waals surface area contributed by atoms with Gasteiger partial charge in [-0.1, -0.05) is 36.9 Å². The van der Waals surface area contributed by atoms with Crippen molar-refractivity contribution >= 4 is 34.4 Å². The van der Waals surface area contributed by atoms with Gasteiger partial charge in [-0.15, -0.1) is 0 Å². The largest absolute Gasteiger partial charge is 0.428 e. The molecule has 0 radical (unpaired) electrons. The molecule has 2 nitrogen and oxygen atoms in total. The van der Waals surface area contributed by atoms with Crippen LogP contribution in [0.25, 0.3) is 0 Å². The Hall–Kier alpha value is -2.01. The SMILES string of the molecule is C=C/C(=C\C=C/C)N(c1ccccc1)c1ccc(OI)cc1. The molecule has 0 spiro atoms. The van der Waals surface area contributed by atoms with Crippen molar-refractivity contribution in [2.45, 2.75) is 6.92 Å². The fraction of sp³-hybridized carbons (Fsp3) is 0.0526. The zero-order valence-electron chi connectivity index (χ0n) is 12.4. The van der Waals surface area contributed by atoms with Crippen LogP contribution in [0.1, 0.15) is 6.92 Å². The van der Waals surface area contributed by atoms with Crippen molar-refractivity contribution in [2.24, 2.45) is 0 Å². The molecule has 2 aromatic rings. The number of hydrogen-bond acceptors (Lipinski definition) is 2. The van der Waals surface area contributed by atoms with E-state index in [1.165, 1.54) is 0 Å². The zero-order chi connectivity index (χ0) is 15.8.